The normalized spacial score (nSPS) is 22.8. The lowest BCUT2D eigenvalue weighted by atomic mass is 9.83. The molecule has 1 aliphatic heterocycles. The molecule has 3 heteroatoms. The number of nitrogens with zero attached hydrogens (tertiary/aromatic N) is 1. The summed E-state index contributed by atoms with van der Waals surface area (Å²) in [4.78, 5) is 15.0. The van der Waals surface area contributed by atoms with E-state index in [1.807, 2.05) is 0 Å². The lowest BCUT2D eigenvalue weighted by molar-refractivity contribution is -0.125. The van der Waals surface area contributed by atoms with Crippen LogP contribution in [0.4, 0.5) is 0 Å². The second-order valence-electron chi connectivity index (χ2n) is 7.50. The fourth-order valence-corrected chi connectivity index (χ4v) is 4.23. The minimum atomic E-state index is 0.121. The van der Waals surface area contributed by atoms with Crippen molar-refractivity contribution in [2.24, 2.45) is 5.92 Å². The van der Waals surface area contributed by atoms with E-state index in [1.165, 1.54) is 22.3 Å². The molecule has 4 rings (SSSR count). The van der Waals surface area contributed by atoms with Gasteiger partial charge in [0.1, 0.15) is 0 Å². The third kappa shape index (κ3) is 3.47. The molecule has 1 N–H and O–H groups in total. The second kappa shape index (κ2) is 7.01. The maximum atomic E-state index is 12.7. The van der Waals surface area contributed by atoms with Crippen molar-refractivity contribution in [1.29, 1.82) is 0 Å². The van der Waals surface area contributed by atoms with Crippen LogP contribution in [-0.4, -0.2) is 30.4 Å². The summed E-state index contributed by atoms with van der Waals surface area (Å²) in [6, 6.07) is 17.6. The van der Waals surface area contributed by atoms with Crippen LogP contribution in [0.5, 0.6) is 0 Å². The predicted octanol–water partition coefficient (Wildman–Crippen LogP) is 2.96. The van der Waals surface area contributed by atoms with Crippen LogP contribution in [-0.2, 0) is 30.6 Å². The van der Waals surface area contributed by atoms with E-state index >= 15 is 0 Å². The number of rotatable bonds is 3. The van der Waals surface area contributed by atoms with E-state index in [0.29, 0.717) is 6.04 Å². The average Bonchev–Trinajstić information content (AvgIpc) is 2.65. The molecule has 1 heterocycles. The van der Waals surface area contributed by atoms with Crippen LogP contribution in [0, 0.1) is 5.92 Å². The molecule has 0 saturated carbocycles. The first-order valence-corrected chi connectivity index (χ1v) is 9.32. The van der Waals surface area contributed by atoms with Crippen molar-refractivity contribution < 1.29 is 4.79 Å². The molecule has 3 nitrogen and oxygen atoms in total. The molecule has 0 aromatic heterocycles. The Balaban J connectivity index is 1.35. The fourth-order valence-electron chi connectivity index (χ4n) is 4.23. The Morgan fingerprint density at radius 1 is 1.00 bits per heavy atom. The zero-order valence-corrected chi connectivity index (χ0v) is 14.9. The zero-order valence-electron chi connectivity index (χ0n) is 14.9. The van der Waals surface area contributed by atoms with Crippen molar-refractivity contribution >= 4 is 5.91 Å². The smallest absolute Gasteiger partial charge is 0.223 e. The average molecular weight is 334 g/mol. The van der Waals surface area contributed by atoms with Crippen LogP contribution in [0.15, 0.2) is 48.5 Å². The van der Waals surface area contributed by atoms with Gasteiger partial charge in [0.2, 0.25) is 5.91 Å². The number of hydrogen-bond acceptors (Lipinski definition) is 2. The minimum Gasteiger partial charge on any atom is -0.354 e. The molecule has 1 aliphatic carbocycles. The van der Waals surface area contributed by atoms with E-state index in [9.17, 15) is 4.79 Å². The van der Waals surface area contributed by atoms with Crippen molar-refractivity contribution in [2.45, 2.75) is 38.3 Å². The van der Waals surface area contributed by atoms with Gasteiger partial charge in [-0.15, -0.1) is 0 Å². The molecule has 0 spiro atoms. The van der Waals surface area contributed by atoms with Gasteiger partial charge >= 0.3 is 0 Å². The Labute approximate surface area is 150 Å². The third-order valence-corrected chi connectivity index (χ3v) is 5.85. The minimum absolute atomic E-state index is 0.121. The summed E-state index contributed by atoms with van der Waals surface area (Å²) in [6.45, 7) is 1.70. The maximum absolute atomic E-state index is 12.7. The topological polar surface area (TPSA) is 32.3 Å². The van der Waals surface area contributed by atoms with E-state index in [-0.39, 0.29) is 11.8 Å². The Morgan fingerprint density at radius 3 is 2.40 bits per heavy atom. The van der Waals surface area contributed by atoms with Gasteiger partial charge in [0.05, 0.1) is 0 Å². The van der Waals surface area contributed by atoms with E-state index in [2.05, 4.69) is 65.8 Å². The number of likely N-dealkylation sites (N-methyl/N-ethyl adjacent to an activating group) is 1. The van der Waals surface area contributed by atoms with Crippen LogP contribution in [0.2, 0.25) is 0 Å². The number of amides is 1. The quantitative estimate of drug-likeness (QED) is 0.936. The maximum Gasteiger partial charge on any atom is 0.223 e. The molecule has 2 aromatic rings. The van der Waals surface area contributed by atoms with Gasteiger partial charge in [-0.3, -0.25) is 9.69 Å². The first-order chi connectivity index (χ1) is 12.2. The SMILES string of the molecule is CN1Cc2ccccc2C[C@H]1CNC(=O)C1CCc2ccccc2C1. The molecular formula is C22H26N2O. The van der Waals surface area contributed by atoms with Gasteiger partial charge in [-0.05, 0) is 55.0 Å². The summed E-state index contributed by atoms with van der Waals surface area (Å²) in [5.41, 5.74) is 5.59. The standard InChI is InChI=1S/C22H26N2O/c1-24-15-20-9-5-4-8-18(20)13-21(24)14-23-22(25)19-11-10-16-6-2-3-7-17(16)12-19/h2-9,19,21H,10-15H2,1H3,(H,23,25)/t19?,21-/m0/s1. The van der Waals surface area contributed by atoms with Gasteiger partial charge in [-0.1, -0.05) is 48.5 Å². The highest BCUT2D eigenvalue weighted by molar-refractivity contribution is 5.79. The summed E-state index contributed by atoms with van der Waals surface area (Å²) < 4.78 is 0. The highest BCUT2D eigenvalue weighted by Gasteiger charge is 2.27. The molecular weight excluding hydrogens is 308 g/mol. The zero-order chi connectivity index (χ0) is 17.2. The number of nitrogens with one attached hydrogen (secondary N) is 1. The molecule has 0 bridgehead atoms. The van der Waals surface area contributed by atoms with Crippen molar-refractivity contribution in [3.8, 4) is 0 Å². The summed E-state index contributed by atoms with van der Waals surface area (Å²) in [6.07, 6.45) is 3.88. The highest BCUT2D eigenvalue weighted by Crippen LogP contribution is 2.26. The molecule has 2 aliphatic rings. The number of benzene rings is 2. The summed E-state index contributed by atoms with van der Waals surface area (Å²) in [5, 5.41) is 3.23. The molecule has 2 aromatic carbocycles. The molecule has 0 radical (unpaired) electrons. The molecule has 2 atom stereocenters. The lowest BCUT2D eigenvalue weighted by Gasteiger charge is -2.34. The van der Waals surface area contributed by atoms with Gasteiger partial charge in [0.15, 0.2) is 0 Å². The van der Waals surface area contributed by atoms with Crippen LogP contribution < -0.4 is 5.32 Å². The van der Waals surface area contributed by atoms with Gasteiger partial charge in [-0.2, -0.15) is 0 Å². The first-order valence-electron chi connectivity index (χ1n) is 9.32. The monoisotopic (exact) mass is 334 g/mol. The Bertz CT molecular complexity index is 770. The van der Waals surface area contributed by atoms with E-state index in [4.69, 9.17) is 0 Å². The molecule has 25 heavy (non-hydrogen) atoms. The molecule has 1 amide bonds. The highest BCUT2D eigenvalue weighted by atomic mass is 16.1. The summed E-state index contributed by atoms with van der Waals surface area (Å²) in [5.74, 6) is 0.345. The Kier molecular flexibility index (Phi) is 4.58. The van der Waals surface area contributed by atoms with Crippen molar-refractivity contribution in [3.05, 3.63) is 70.8 Å². The lowest BCUT2D eigenvalue weighted by Crippen LogP contribution is -2.47. The predicted molar refractivity (Wildman–Crippen MR) is 100 cm³/mol. The van der Waals surface area contributed by atoms with Crippen LogP contribution in [0.3, 0.4) is 0 Å². The molecule has 1 unspecified atom stereocenters. The van der Waals surface area contributed by atoms with Crippen LogP contribution >= 0.6 is 0 Å². The van der Waals surface area contributed by atoms with E-state index in [1.54, 1.807) is 0 Å². The summed E-state index contributed by atoms with van der Waals surface area (Å²) in [7, 11) is 2.16. The Morgan fingerprint density at radius 2 is 1.64 bits per heavy atom. The molecule has 130 valence electrons. The fraction of sp³-hybridized carbons (Fsp3) is 0.409. The van der Waals surface area contributed by atoms with Crippen LogP contribution in [0.25, 0.3) is 0 Å². The third-order valence-electron chi connectivity index (χ3n) is 5.85. The number of hydrogen-bond donors (Lipinski definition) is 1. The number of carbonyl (C=O) groups is 1. The largest absolute Gasteiger partial charge is 0.354 e. The summed E-state index contributed by atoms with van der Waals surface area (Å²) >= 11 is 0. The van der Waals surface area contributed by atoms with Gasteiger partial charge in [0.25, 0.3) is 0 Å². The second-order valence-corrected chi connectivity index (χ2v) is 7.50. The molecule has 0 fully saturated rings. The first kappa shape index (κ1) is 16.3. The number of carbonyl (C=O) groups excluding carboxylic acids is 1. The van der Waals surface area contributed by atoms with Crippen LogP contribution in [0.1, 0.15) is 28.7 Å². The number of fused-ring (bicyclic) bond motifs is 2. The van der Waals surface area contributed by atoms with Gasteiger partial charge in [0, 0.05) is 25.0 Å². The Hall–Kier alpha value is -2.13. The van der Waals surface area contributed by atoms with Crippen molar-refractivity contribution in [1.82, 2.24) is 10.2 Å². The van der Waals surface area contributed by atoms with Crippen molar-refractivity contribution in [3.63, 3.8) is 0 Å². The van der Waals surface area contributed by atoms with E-state index < -0.39 is 0 Å². The number of aryl methyl sites for hydroxylation is 1. The van der Waals surface area contributed by atoms with Crippen molar-refractivity contribution in [2.75, 3.05) is 13.6 Å². The van der Waals surface area contributed by atoms with Gasteiger partial charge < -0.3 is 5.32 Å². The van der Waals surface area contributed by atoms with E-state index in [0.717, 1.165) is 38.8 Å². The molecule has 0 saturated heterocycles. The van der Waals surface area contributed by atoms with Gasteiger partial charge in [-0.25, -0.2) is 0 Å².